The van der Waals surface area contributed by atoms with E-state index in [9.17, 15) is 9.59 Å². The number of likely N-dealkylation sites (tertiary alicyclic amines) is 1. The molecule has 0 spiro atoms. The minimum absolute atomic E-state index is 0.0888. The fraction of sp³-hybridized carbons (Fsp3) is 0.375. The average molecular weight is 465 g/mol. The minimum Gasteiger partial charge on any atom is -0.465 e. The van der Waals surface area contributed by atoms with Gasteiger partial charge in [-0.15, -0.1) is 0 Å². The number of benzene rings is 1. The number of nitrogens with one attached hydrogen (secondary N) is 1. The Hall–Kier alpha value is -3.95. The monoisotopic (exact) mass is 464 g/mol. The van der Waals surface area contributed by atoms with Crippen LogP contribution in [0.15, 0.2) is 42.9 Å². The van der Waals surface area contributed by atoms with Gasteiger partial charge in [0.2, 0.25) is 5.95 Å². The van der Waals surface area contributed by atoms with Crippen LogP contribution >= 0.6 is 0 Å². The van der Waals surface area contributed by atoms with Gasteiger partial charge in [-0.25, -0.2) is 19.6 Å². The lowest BCUT2D eigenvalue weighted by atomic mass is 10.1. The Morgan fingerprint density at radius 2 is 1.82 bits per heavy atom. The SMILES string of the molecule is COC(=O)c1ccc(-c2nc(Nc3cnn(C4CN(C(=O)OC(C)(C)C)C4)c3)ncc2C)cc1. The molecule has 1 aromatic carbocycles. The first kappa shape index (κ1) is 23.2. The fourth-order valence-electron chi connectivity index (χ4n) is 3.51. The zero-order valence-electron chi connectivity index (χ0n) is 19.9. The van der Waals surface area contributed by atoms with E-state index in [2.05, 4.69) is 20.4 Å². The summed E-state index contributed by atoms with van der Waals surface area (Å²) >= 11 is 0. The van der Waals surface area contributed by atoms with Crippen molar-refractivity contribution in [3.63, 3.8) is 0 Å². The summed E-state index contributed by atoms with van der Waals surface area (Å²) in [6.07, 6.45) is 5.00. The lowest BCUT2D eigenvalue weighted by Gasteiger charge is -2.39. The number of aryl methyl sites for hydroxylation is 1. The molecule has 4 rings (SSSR count). The Kier molecular flexibility index (Phi) is 6.23. The number of carbonyl (C=O) groups is 2. The summed E-state index contributed by atoms with van der Waals surface area (Å²) in [5.74, 6) is 0.0483. The zero-order valence-corrected chi connectivity index (χ0v) is 19.9. The number of nitrogens with zero attached hydrogens (tertiary/aromatic N) is 5. The Labute approximate surface area is 197 Å². The molecule has 0 unspecified atom stereocenters. The van der Waals surface area contributed by atoms with Crippen molar-refractivity contribution in [3.8, 4) is 11.3 Å². The highest BCUT2D eigenvalue weighted by atomic mass is 16.6. The van der Waals surface area contributed by atoms with Crippen LogP contribution in [-0.4, -0.2) is 62.5 Å². The normalized spacial score (nSPS) is 13.9. The molecule has 178 valence electrons. The van der Waals surface area contributed by atoms with E-state index >= 15 is 0 Å². The summed E-state index contributed by atoms with van der Waals surface area (Å²) < 4.78 is 12.0. The van der Waals surface area contributed by atoms with Gasteiger partial charge in [0, 0.05) is 31.0 Å². The molecule has 1 amide bonds. The first-order chi connectivity index (χ1) is 16.1. The van der Waals surface area contributed by atoms with Gasteiger partial charge in [-0.2, -0.15) is 5.10 Å². The molecule has 1 N–H and O–H groups in total. The van der Waals surface area contributed by atoms with E-state index in [0.717, 1.165) is 22.5 Å². The summed E-state index contributed by atoms with van der Waals surface area (Å²) in [6, 6.07) is 7.16. The molecule has 2 aromatic heterocycles. The third-order valence-electron chi connectivity index (χ3n) is 5.30. The molecule has 1 aliphatic heterocycles. The van der Waals surface area contributed by atoms with Gasteiger partial charge in [0.1, 0.15) is 5.60 Å². The number of methoxy groups -OCH3 is 1. The van der Waals surface area contributed by atoms with Gasteiger partial charge in [-0.3, -0.25) is 4.68 Å². The summed E-state index contributed by atoms with van der Waals surface area (Å²) in [5.41, 5.74) is 3.23. The number of aromatic nitrogens is 4. The maximum absolute atomic E-state index is 12.1. The molecular weight excluding hydrogens is 436 g/mol. The second kappa shape index (κ2) is 9.12. The smallest absolute Gasteiger partial charge is 0.410 e. The highest BCUT2D eigenvalue weighted by molar-refractivity contribution is 5.90. The molecule has 0 atom stereocenters. The first-order valence-electron chi connectivity index (χ1n) is 10.9. The quantitative estimate of drug-likeness (QED) is 0.565. The van der Waals surface area contributed by atoms with Gasteiger partial charge in [0.25, 0.3) is 0 Å². The largest absolute Gasteiger partial charge is 0.465 e. The number of esters is 1. The number of anilines is 2. The molecule has 0 bridgehead atoms. The first-order valence-corrected chi connectivity index (χ1v) is 10.9. The molecule has 10 nitrogen and oxygen atoms in total. The van der Waals surface area contributed by atoms with Crippen LogP contribution in [0.5, 0.6) is 0 Å². The number of carbonyl (C=O) groups excluding carboxylic acids is 2. The van der Waals surface area contributed by atoms with Crippen LogP contribution < -0.4 is 5.32 Å². The molecule has 1 fully saturated rings. The molecule has 34 heavy (non-hydrogen) atoms. The van der Waals surface area contributed by atoms with Gasteiger partial charge in [-0.1, -0.05) is 12.1 Å². The molecule has 1 saturated heterocycles. The summed E-state index contributed by atoms with van der Waals surface area (Å²) in [4.78, 5) is 34.5. The zero-order chi connectivity index (χ0) is 24.5. The van der Waals surface area contributed by atoms with Crippen LogP contribution in [0.1, 0.15) is 42.7 Å². The highest BCUT2D eigenvalue weighted by Crippen LogP contribution is 2.26. The van der Waals surface area contributed by atoms with Crippen molar-refractivity contribution in [2.75, 3.05) is 25.5 Å². The Balaban J connectivity index is 1.41. The standard InChI is InChI=1S/C24H28N6O4/c1-15-10-25-22(28-20(15)16-6-8-17(9-7-16)21(31)33-5)27-18-11-26-30(12-18)19-13-29(14-19)23(32)34-24(2,3)4/h6-12,19H,13-14H2,1-5H3,(H,25,27,28). The molecule has 1 aliphatic rings. The topological polar surface area (TPSA) is 111 Å². The number of amides is 1. The van der Waals surface area contributed by atoms with Crippen LogP contribution in [0.25, 0.3) is 11.3 Å². The highest BCUT2D eigenvalue weighted by Gasteiger charge is 2.35. The lowest BCUT2D eigenvalue weighted by Crippen LogP contribution is -2.52. The van der Waals surface area contributed by atoms with Gasteiger partial charge in [0.15, 0.2) is 0 Å². The predicted molar refractivity (Wildman–Crippen MR) is 126 cm³/mol. The number of rotatable bonds is 5. The van der Waals surface area contributed by atoms with Gasteiger partial charge in [0.05, 0.1) is 36.3 Å². The maximum Gasteiger partial charge on any atom is 0.410 e. The summed E-state index contributed by atoms with van der Waals surface area (Å²) in [7, 11) is 1.35. The molecule has 0 aliphatic carbocycles. The molecule has 0 saturated carbocycles. The van der Waals surface area contributed by atoms with Crippen molar-refractivity contribution in [2.24, 2.45) is 0 Å². The van der Waals surface area contributed by atoms with Crippen molar-refractivity contribution < 1.29 is 19.1 Å². The lowest BCUT2D eigenvalue weighted by molar-refractivity contribution is -0.000391. The molecular formula is C24H28N6O4. The van der Waals surface area contributed by atoms with Crippen molar-refractivity contribution in [2.45, 2.75) is 39.3 Å². The van der Waals surface area contributed by atoms with Crippen LogP contribution in [0.3, 0.4) is 0 Å². The fourth-order valence-corrected chi connectivity index (χ4v) is 3.51. The summed E-state index contributed by atoms with van der Waals surface area (Å²) in [6.45, 7) is 8.57. The third-order valence-corrected chi connectivity index (χ3v) is 5.30. The van der Waals surface area contributed by atoms with E-state index in [4.69, 9.17) is 9.47 Å². The minimum atomic E-state index is -0.513. The van der Waals surface area contributed by atoms with E-state index in [-0.39, 0.29) is 18.1 Å². The van der Waals surface area contributed by atoms with Crippen molar-refractivity contribution in [1.29, 1.82) is 0 Å². The van der Waals surface area contributed by atoms with Crippen molar-refractivity contribution >= 4 is 23.7 Å². The van der Waals surface area contributed by atoms with Gasteiger partial charge in [-0.05, 0) is 45.4 Å². The number of ether oxygens (including phenoxy) is 2. The molecule has 10 heteroatoms. The average Bonchev–Trinajstić information content (AvgIpc) is 3.20. The van der Waals surface area contributed by atoms with Crippen LogP contribution in [0.2, 0.25) is 0 Å². The van der Waals surface area contributed by atoms with Gasteiger partial charge >= 0.3 is 12.1 Å². The van der Waals surface area contributed by atoms with E-state index in [0.29, 0.717) is 24.6 Å². The van der Waals surface area contributed by atoms with Crippen molar-refractivity contribution in [3.05, 3.63) is 54.0 Å². The molecule has 3 heterocycles. The predicted octanol–water partition coefficient (Wildman–Crippen LogP) is 3.97. The maximum atomic E-state index is 12.1. The summed E-state index contributed by atoms with van der Waals surface area (Å²) in [5, 5.41) is 7.59. The van der Waals surface area contributed by atoms with Crippen molar-refractivity contribution in [1.82, 2.24) is 24.6 Å². The number of hydrogen-bond acceptors (Lipinski definition) is 8. The second-order valence-electron chi connectivity index (χ2n) is 9.17. The van der Waals surface area contributed by atoms with Crippen LogP contribution in [0.4, 0.5) is 16.4 Å². The van der Waals surface area contributed by atoms with E-state index in [1.807, 2.05) is 50.7 Å². The Bertz CT molecular complexity index is 1190. The molecule has 0 radical (unpaired) electrons. The van der Waals surface area contributed by atoms with Gasteiger partial charge < -0.3 is 19.7 Å². The third kappa shape index (κ3) is 5.16. The van der Waals surface area contributed by atoms with E-state index in [1.54, 1.807) is 29.4 Å². The van der Waals surface area contributed by atoms with Crippen LogP contribution in [-0.2, 0) is 9.47 Å². The van der Waals surface area contributed by atoms with Crippen LogP contribution in [0, 0.1) is 6.92 Å². The second-order valence-corrected chi connectivity index (χ2v) is 9.17. The van der Waals surface area contributed by atoms with E-state index < -0.39 is 5.60 Å². The Morgan fingerprint density at radius 3 is 2.47 bits per heavy atom. The Morgan fingerprint density at radius 1 is 1.12 bits per heavy atom. The molecule has 3 aromatic rings. The van der Waals surface area contributed by atoms with E-state index in [1.165, 1.54) is 7.11 Å². The number of hydrogen-bond donors (Lipinski definition) is 1.